The van der Waals surface area contributed by atoms with E-state index in [1.54, 1.807) is 0 Å². The molecule has 6 aromatic rings. The first-order chi connectivity index (χ1) is 36.8. The van der Waals surface area contributed by atoms with Crippen molar-refractivity contribution in [1.29, 1.82) is 0 Å². The molecule has 398 valence electrons. The van der Waals surface area contributed by atoms with Gasteiger partial charge in [-0.1, -0.05) is 69.7 Å². The van der Waals surface area contributed by atoms with Crippen molar-refractivity contribution < 1.29 is 57.0 Å². The van der Waals surface area contributed by atoms with Crippen LogP contribution in [-0.2, 0) is 41.4 Å². The van der Waals surface area contributed by atoms with Crippen LogP contribution in [0, 0.1) is 0 Å². The van der Waals surface area contributed by atoms with Gasteiger partial charge in [-0.2, -0.15) is 0 Å². The third-order valence-corrected chi connectivity index (χ3v) is 12.4. The van der Waals surface area contributed by atoms with Crippen molar-refractivity contribution in [2.24, 2.45) is 0 Å². The molecule has 0 aliphatic rings. The summed E-state index contributed by atoms with van der Waals surface area (Å²) in [5.41, 5.74) is 2.22. The summed E-state index contributed by atoms with van der Waals surface area (Å²) in [6.45, 7) is 12.4. The van der Waals surface area contributed by atoms with Crippen molar-refractivity contribution in [2.45, 2.75) is 110 Å². The second kappa shape index (κ2) is 32.8. The summed E-state index contributed by atoms with van der Waals surface area (Å²) in [5.74, 6) is 3.69. The summed E-state index contributed by atoms with van der Waals surface area (Å²) in [6.07, 6.45) is 16.8. The van der Waals surface area contributed by atoms with E-state index in [0.29, 0.717) is 69.1 Å². The second-order valence-electron chi connectivity index (χ2n) is 18.3. The largest absolute Gasteiger partial charge is 0.494 e. The number of carbonyl (C=O) groups excluding carboxylic acids is 3. The number of rotatable bonds is 37. The van der Waals surface area contributed by atoms with E-state index in [2.05, 4.69) is 32.2 Å². The summed E-state index contributed by atoms with van der Waals surface area (Å²) in [5, 5.41) is 3.63. The molecule has 0 atom stereocenters. The molecule has 0 unspecified atom stereocenters. The highest BCUT2D eigenvalue weighted by Crippen LogP contribution is 2.39. The number of ether oxygens (including phenoxy) is 9. The SMILES string of the molecule is C=CC(=O)OCCCCCCOc1ccc(CCCOCOc2ccc3c(c2)c(Oc2ccc(OCCCCCC)cc2)cc2cc(OC(=O)CCc4ccc(OCCCCCCOC(=O)C=C)cc4)ccc23)cc1. The molecule has 0 amide bonds. The molecule has 6 rings (SSSR count). The van der Waals surface area contributed by atoms with E-state index in [0.717, 1.165) is 121 Å². The first-order valence-electron chi connectivity index (χ1n) is 26.6. The lowest BCUT2D eigenvalue weighted by molar-refractivity contribution is -0.138. The lowest BCUT2D eigenvalue weighted by atomic mass is 10.0. The third kappa shape index (κ3) is 20.9. The predicted molar refractivity (Wildman–Crippen MR) is 294 cm³/mol. The maximum atomic E-state index is 13.2. The Hall–Kier alpha value is -7.31. The zero-order valence-corrected chi connectivity index (χ0v) is 43.7. The Morgan fingerprint density at radius 1 is 0.440 bits per heavy atom. The Balaban J connectivity index is 0.993. The number of benzene rings is 6. The van der Waals surface area contributed by atoms with Crippen molar-refractivity contribution in [3.63, 3.8) is 0 Å². The number of hydrogen-bond donors (Lipinski definition) is 0. The number of aryl methyl sites for hydroxylation is 2. The standard InChI is InChI=1S/C63H74O12/c1-4-7-8-13-39-70-53-29-31-54(32-30-53)74-60-45-50-44-56(75-63(66)37-24-49-22-27-52(28-23-49)69-41-15-10-12-17-43-72-62(65)6-3)34-35-57(50)58-36-33-55(46-59(58)60)73-47-67-38-18-19-48-20-25-51(26-21-48)68-40-14-9-11-16-42-71-61(64)5-2/h5-6,20-23,25-36,44-46H,2-4,7-19,24,37-43,47H2,1H3. The molecule has 12 heteroatoms. The minimum absolute atomic E-state index is 0.0949. The van der Waals surface area contributed by atoms with E-state index < -0.39 is 0 Å². The fourth-order valence-electron chi connectivity index (χ4n) is 8.21. The molecule has 0 heterocycles. The smallest absolute Gasteiger partial charge is 0.330 e. The van der Waals surface area contributed by atoms with E-state index in [1.807, 2.05) is 103 Å². The van der Waals surface area contributed by atoms with E-state index in [4.69, 9.17) is 42.6 Å². The average molecular weight is 1020 g/mol. The van der Waals surface area contributed by atoms with Crippen LogP contribution in [0.2, 0.25) is 0 Å². The van der Waals surface area contributed by atoms with Gasteiger partial charge in [0.2, 0.25) is 0 Å². The van der Waals surface area contributed by atoms with Crippen molar-refractivity contribution in [3.8, 4) is 40.2 Å². The van der Waals surface area contributed by atoms with Gasteiger partial charge in [0.15, 0.2) is 6.79 Å². The van der Waals surface area contributed by atoms with Gasteiger partial charge < -0.3 is 42.6 Å². The second-order valence-corrected chi connectivity index (χ2v) is 18.3. The van der Waals surface area contributed by atoms with Crippen molar-refractivity contribution >= 4 is 39.5 Å². The molecule has 12 nitrogen and oxygen atoms in total. The maximum absolute atomic E-state index is 13.2. The van der Waals surface area contributed by atoms with Crippen LogP contribution in [0.4, 0.5) is 0 Å². The van der Waals surface area contributed by atoms with Gasteiger partial charge in [0.05, 0.1) is 39.6 Å². The summed E-state index contributed by atoms with van der Waals surface area (Å²) >= 11 is 0. The first-order valence-corrected chi connectivity index (χ1v) is 26.6. The molecule has 0 saturated heterocycles. The lowest BCUT2D eigenvalue weighted by Crippen LogP contribution is -2.09. The van der Waals surface area contributed by atoms with Gasteiger partial charge in [-0.15, -0.1) is 0 Å². The first kappa shape index (κ1) is 57.0. The summed E-state index contributed by atoms with van der Waals surface area (Å²) in [7, 11) is 0. The number of hydrogen-bond acceptors (Lipinski definition) is 12. The van der Waals surface area contributed by atoms with E-state index in [9.17, 15) is 14.4 Å². The minimum atomic E-state index is -0.389. The molecule has 0 fully saturated rings. The number of unbranched alkanes of at least 4 members (excludes halogenated alkanes) is 9. The Morgan fingerprint density at radius 2 is 0.933 bits per heavy atom. The van der Waals surface area contributed by atoms with Gasteiger partial charge in [0.25, 0.3) is 0 Å². The fraction of sp³-hybridized carbons (Fsp3) is 0.381. The zero-order valence-electron chi connectivity index (χ0n) is 43.7. The zero-order chi connectivity index (χ0) is 52.7. The average Bonchev–Trinajstić information content (AvgIpc) is 3.43. The highest BCUT2D eigenvalue weighted by molar-refractivity contribution is 6.11. The Bertz CT molecular complexity index is 2680. The Kier molecular flexibility index (Phi) is 24.9. The van der Waals surface area contributed by atoms with Crippen LogP contribution in [-0.4, -0.2) is 64.3 Å². The fourth-order valence-corrected chi connectivity index (χ4v) is 8.21. The van der Waals surface area contributed by atoms with Gasteiger partial charge in [-0.3, -0.25) is 4.79 Å². The van der Waals surface area contributed by atoms with Crippen LogP contribution >= 0.6 is 0 Å². The van der Waals surface area contributed by atoms with Crippen LogP contribution in [0.25, 0.3) is 21.5 Å². The van der Waals surface area contributed by atoms with Crippen LogP contribution in [0.5, 0.6) is 40.2 Å². The van der Waals surface area contributed by atoms with E-state index in [1.165, 1.54) is 30.6 Å². The molecule has 0 saturated carbocycles. The molecule has 75 heavy (non-hydrogen) atoms. The third-order valence-electron chi connectivity index (χ3n) is 12.4. The lowest BCUT2D eigenvalue weighted by Gasteiger charge is -2.15. The molecular formula is C63H74O12. The molecule has 0 aliphatic carbocycles. The molecule has 0 radical (unpaired) electrons. The molecule has 0 spiro atoms. The Labute approximate surface area is 442 Å². The molecule has 0 aliphatic heterocycles. The molecule has 0 aromatic heterocycles. The maximum Gasteiger partial charge on any atom is 0.330 e. The van der Waals surface area contributed by atoms with Crippen LogP contribution in [0.1, 0.15) is 108 Å². The van der Waals surface area contributed by atoms with E-state index in [-0.39, 0.29) is 31.1 Å². The predicted octanol–water partition coefficient (Wildman–Crippen LogP) is 14.6. The highest BCUT2D eigenvalue weighted by Gasteiger charge is 2.14. The van der Waals surface area contributed by atoms with Gasteiger partial charge in [-0.25, -0.2) is 9.59 Å². The minimum Gasteiger partial charge on any atom is -0.494 e. The van der Waals surface area contributed by atoms with Gasteiger partial charge in [-0.05, 0) is 189 Å². The molecular weight excluding hydrogens is 949 g/mol. The van der Waals surface area contributed by atoms with Crippen molar-refractivity contribution in [2.75, 3.05) is 46.4 Å². The monoisotopic (exact) mass is 1020 g/mol. The van der Waals surface area contributed by atoms with Gasteiger partial charge in [0.1, 0.15) is 40.2 Å². The Morgan fingerprint density at radius 3 is 1.51 bits per heavy atom. The van der Waals surface area contributed by atoms with Crippen LogP contribution in [0.15, 0.2) is 141 Å². The summed E-state index contributed by atoms with van der Waals surface area (Å²) in [4.78, 5) is 35.4. The van der Waals surface area contributed by atoms with Crippen LogP contribution in [0.3, 0.4) is 0 Å². The van der Waals surface area contributed by atoms with Gasteiger partial charge in [0, 0.05) is 24.0 Å². The quantitative estimate of drug-likeness (QED) is 0.00918. The molecule has 0 bridgehead atoms. The molecule has 0 N–H and O–H groups in total. The number of carbonyl (C=O) groups is 3. The normalized spacial score (nSPS) is 10.9. The van der Waals surface area contributed by atoms with Crippen molar-refractivity contribution in [1.82, 2.24) is 0 Å². The van der Waals surface area contributed by atoms with Crippen molar-refractivity contribution in [3.05, 3.63) is 152 Å². The topological polar surface area (TPSA) is 134 Å². The number of esters is 3. The van der Waals surface area contributed by atoms with Crippen LogP contribution < -0.4 is 28.4 Å². The molecule has 6 aromatic carbocycles. The van der Waals surface area contributed by atoms with E-state index >= 15 is 0 Å². The van der Waals surface area contributed by atoms with Gasteiger partial charge >= 0.3 is 17.9 Å². The summed E-state index contributed by atoms with van der Waals surface area (Å²) in [6, 6.07) is 37.2. The highest BCUT2D eigenvalue weighted by atomic mass is 16.7. The summed E-state index contributed by atoms with van der Waals surface area (Å²) < 4.78 is 52.3. The number of fused-ring (bicyclic) bond motifs is 3.